The number of esters is 1. The second kappa shape index (κ2) is 8.39. The number of aromatic nitrogens is 2. The lowest BCUT2D eigenvalue weighted by atomic mass is 10.2. The Balaban J connectivity index is 2.16. The number of halogens is 3. The van der Waals surface area contributed by atoms with Crippen LogP contribution in [0.15, 0.2) is 35.2 Å². The number of aryl methyl sites for hydroxylation is 1. The van der Waals surface area contributed by atoms with Crippen molar-refractivity contribution in [3.63, 3.8) is 0 Å². The molecule has 0 aliphatic rings. The van der Waals surface area contributed by atoms with Crippen molar-refractivity contribution in [3.8, 4) is 11.4 Å². The molecule has 2 rings (SSSR count). The van der Waals surface area contributed by atoms with Crippen molar-refractivity contribution in [1.29, 1.82) is 0 Å². The van der Waals surface area contributed by atoms with Crippen LogP contribution in [0.2, 0.25) is 0 Å². The molecule has 8 heteroatoms. The second-order valence-electron chi connectivity index (χ2n) is 4.83. The van der Waals surface area contributed by atoms with Crippen LogP contribution < -0.4 is 0 Å². The zero-order chi connectivity index (χ0) is 17.7. The quantitative estimate of drug-likeness (QED) is 0.401. The zero-order valence-corrected chi connectivity index (χ0v) is 16.1. The summed E-state index contributed by atoms with van der Waals surface area (Å²) in [5, 5.41) is 0. The molecule has 128 valence electrons. The summed E-state index contributed by atoms with van der Waals surface area (Å²) in [6.45, 7) is 3.98. The number of carbonyl (C=O) groups excluding carboxylic acids is 1. The summed E-state index contributed by atoms with van der Waals surface area (Å²) in [5.41, 5.74) is 1.84. The molecule has 0 bridgehead atoms. The van der Waals surface area contributed by atoms with E-state index in [0.717, 1.165) is 10.5 Å². The molecule has 0 fully saturated rings. The van der Waals surface area contributed by atoms with Crippen LogP contribution in [0.1, 0.15) is 18.3 Å². The van der Waals surface area contributed by atoms with Crippen molar-refractivity contribution in [2.45, 2.75) is 22.5 Å². The van der Waals surface area contributed by atoms with Crippen LogP contribution >= 0.6 is 46.6 Å². The van der Waals surface area contributed by atoms with Crippen molar-refractivity contribution < 1.29 is 9.53 Å². The maximum absolute atomic E-state index is 11.4. The molecule has 4 nitrogen and oxygen atoms in total. The lowest BCUT2D eigenvalue weighted by molar-refractivity contribution is -0.139. The van der Waals surface area contributed by atoms with Gasteiger partial charge in [0.15, 0.2) is 5.82 Å². The fraction of sp³-hybridized carbons (Fsp3) is 0.312. The molecule has 24 heavy (non-hydrogen) atoms. The second-order valence-corrected chi connectivity index (χ2v) is 8.16. The van der Waals surface area contributed by atoms with E-state index in [1.165, 1.54) is 11.8 Å². The smallest absolute Gasteiger partial charge is 0.316 e. The van der Waals surface area contributed by atoms with Crippen LogP contribution in [0.3, 0.4) is 0 Å². The number of hydrogen-bond acceptors (Lipinski definition) is 5. The molecule has 0 aliphatic carbocycles. The Morgan fingerprint density at radius 1 is 1.21 bits per heavy atom. The third kappa shape index (κ3) is 5.52. The minimum Gasteiger partial charge on any atom is -0.465 e. The summed E-state index contributed by atoms with van der Waals surface area (Å²) in [6, 6.07) is 9.15. The Hall–Kier alpha value is -1.01. The number of ether oxygens (including phenoxy) is 1. The Labute approximate surface area is 159 Å². The van der Waals surface area contributed by atoms with Crippen LogP contribution in [0, 0.1) is 6.92 Å². The van der Waals surface area contributed by atoms with E-state index >= 15 is 0 Å². The number of rotatable bonds is 5. The van der Waals surface area contributed by atoms with Gasteiger partial charge in [0.1, 0.15) is 0 Å². The minimum absolute atomic E-state index is 0.235. The molecule has 0 saturated heterocycles. The van der Waals surface area contributed by atoms with Gasteiger partial charge in [-0.15, -0.1) is 11.8 Å². The monoisotopic (exact) mass is 404 g/mol. The molecule has 1 aromatic carbocycles. The fourth-order valence-corrected chi connectivity index (χ4v) is 2.87. The molecule has 0 amide bonds. The van der Waals surface area contributed by atoms with Gasteiger partial charge in [-0.25, -0.2) is 9.97 Å². The van der Waals surface area contributed by atoms with E-state index in [4.69, 9.17) is 39.5 Å². The van der Waals surface area contributed by atoms with Gasteiger partial charge in [0.25, 0.3) is 0 Å². The number of hydrogen-bond donors (Lipinski definition) is 0. The normalized spacial score (nSPS) is 11.4. The number of nitrogens with zero attached hydrogens (tertiary/aromatic N) is 2. The topological polar surface area (TPSA) is 52.1 Å². The highest BCUT2D eigenvalue weighted by Gasteiger charge is 2.26. The van der Waals surface area contributed by atoms with Gasteiger partial charge in [-0.05, 0) is 32.0 Å². The highest BCUT2D eigenvalue weighted by atomic mass is 35.6. The summed E-state index contributed by atoms with van der Waals surface area (Å²) in [7, 11) is 0. The Bertz CT molecular complexity index is 718. The summed E-state index contributed by atoms with van der Waals surface area (Å²) < 4.78 is 3.30. The number of alkyl halides is 3. The van der Waals surface area contributed by atoms with Gasteiger partial charge < -0.3 is 4.74 Å². The molecule has 0 N–H and O–H groups in total. The number of benzene rings is 1. The van der Waals surface area contributed by atoms with Crippen molar-refractivity contribution in [1.82, 2.24) is 9.97 Å². The van der Waals surface area contributed by atoms with E-state index in [1.54, 1.807) is 13.0 Å². The molecule has 0 radical (unpaired) electrons. The van der Waals surface area contributed by atoms with E-state index in [9.17, 15) is 4.79 Å². The highest BCUT2D eigenvalue weighted by Crippen LogP contribution is 2.37. The number of thioether (sulfide) groups is 1. The first-order valence-electron chi connectivity index (χ1n) is 7.11. The third-order valence-electron chi connectivity index (χ3n) is 2.92. The van der Waals surface area contributed by atoms with Crippen molar-refractivity contribution in [2.75, 3.05) is 12.4 Å². The van der Waals surface area contributed by atoms with Crippen molar-refractivity contribution in [2.24, 2.45) is 0 Å². The average molecular weight is 406 g/mol. The maximum Gasteiger partial charge on any atom is 0.316 e. The van der Waals surface area contributed by atoms with Gasteiger partial charge in [0.05, 0.1) is 18.1 Å². The maximum atomic E-state index is 11.4. The molecule has 0 unspecified atom stereocenters. The van der Waals surface area contributed by atoms with Gasteiger partial charge in [0.2, 0.25) is 3.79 Å². The molecule has 1 aromatic heterocycles. The fourth-order valence-electron chi connectivity index (χ4n) is 1.89. The van der Waals surface area contributed by atoms with E-state index in [1.807, 2.05) is 31.2 Å². The van der Waals surface area contributed by atoms with Gasteiger partial charge in [0, 0.05) is 16.2 Å². The van der Waals surface area contributed by atoms with Crippen molar-refractivity contribution >= 4 is 52.5 Å². The van der Waals surface area contributed by atoms with Crippen LogP contribution in [-0.2, 0) is 13.3 Å². The minimum atomic E-state index is -1.60. The number of carbonyl (C=O) groups is 1. The molecular formula is C16H15Cl3N2O2S. The third-order valence-corrected chi connectivity index (χ3v) is 4.49. The Kier molecular flexibility index (Phi) is 6.75. The summed E-state index contributed by atoms with van der Waals surface area (Å²) >= 11 is 19.1. The molecule has 0 spiro atoms. The van der Waals surface area contributed by atoms with E-state index in [0.29, 0.717) is 23.8 Å². The lowest BCUT2D eigenvalue weighted by Crippen LogP contribution is -2.07. The van der Waals surface area contributed by atoms with E-state index in [2.05, 4.69) is 9.97 Å². The van der Waals surface area contributed by atoms with Gasteiger partial charge in [-0.1, -0.05) is 46.9 Å². The first-order valence-corrected chi connectivity index (χ1v) is 9.23. The van der Waals surface area contributed by atoms with Crippen molar-refractivity contribution in [3.05, 3.63) is 41.7 Å². The van der Waals surface area contributed by atoms with Crippen LogP contribution in [0.4, 0.5) is 0 Å². The highest BCUT2D eigenvalue weighted by molar-refractivity contribution is 8.00. The molecule has 0 atom stereocenters. The largest absolute Gasteiger partial charge is 0.465 e. The lowest BCUT2D eigenvalue weighted by Gasteiger charge is -2.12. The van der Waals surface area contributed by atoms with E-state index < -0.39 is 3.79 Å². The molecule has 2 aromatic rings. The predicted molar refractivity (Wildman–Crippen MR) is 98.8 cm³/mol. The van der Waals surface area contributed by atoms with Gasteiger partial charge in [-0.3, -0.25) is 4.79 Å². The van der Waals surface area contributed by atoms with E-state index in [-0.39, 0.29) is 11.7 Å². The molecule has 0 saturated carbocycles. The zero-order valence-electron chi connectivity index (χ0n) is 13.1. The standard InChI is InChI=1S/C16H15Cl3N2O2S/c1-3-23-14(22)9-24-12-6-4-11(5-7-12)15-20-10(2)8-13(21-15)16(17,18)19/h4-8H,3,9H2,1-2H3. The first kappa shape index (κ1) is 19.3. The summed E-state index contributed by atoms with van der Waals surface area (Å²) in [5.74, 6) is 0.519. The Morgan fingerprint density at radius 3 is 2.46 bits per heavy atom. The SMILES string of the molecule is CCOC(=O)CSc1ccc(-c2nc(C)cc(C(Cl)(Cl)Cl)n2)cc1. The van der Waals surface area contributed by atoms with Gasteiger partial charge in [-0.2, -0.15) is 0 Å². The summed E-state index contributed by atoms with van der Waals surface area (Å²) in [4.78, 5) is 21.0. The Morgan fingerprint density at radius 2 is 1.88 bits per heavy atom. The van der Waals surface area contributed by atoms with Crippen LogP contribution in [-0.4, -0.2) is 28.3 Å². The molecule has 1 heterocycles. The summed E-state index contributed by atoms with van der Waals surface area (Å²) in [6.07, 6.45) is 0. The molecular weight excluding hydrogens is 391 g/mol. The van der Waals surface area contributed by atoms with Crippen LogP contribution in [0.25, 0.3) is 11.4 Å². The van der Waals surface area contributed by atoms with Gasteiger partial charge >= 0.3 is 5.97 Å². The first-order chi connectivity index (χ1) is 11.3. The molecule has 0 aliphatic heterocycles. The predicted octanol–water partition coefficient (Wildman–Crippen LogP) is 4.93. The average Bonchev–Trinajstić information content (AvgIpc) is 2.52. The van der Waals surface area contributed by atoms with Crippen LogP contribution in [0.5, 0.6) is 0 Å².